The average molecular weight is 285 g/mol. The van der Waals surface area contributed by atoms with Crippen LogP contribution in [-0.2, 0) is 6.42 Å². The van der Waals surface area contributed by atoms with Gasteiger partial charge in [-0.15, -0.1) is 11.6 Å². The van der Waals surface area contributed by atoms with E-state index >= 15 is 0 Å². The summed E-state index contributed by atoms with van der Waals surface area (Å²) in [5, 5.41) is 0.220. The van der Waals surface area contributed by atoms with Gasteiger partial charge in [-0.05, 0) is 30.3 Å². The zero-order valence-corrected chi connectivity index (χ0v) is 11.8. The molecule has 4 heteroatoms. The largest absolute Gasteiger partial charge is 0.496 e. The molecule has 1 unspecified atom stereocenters. The molecule has 0 aliphatic rings. The van der Waals surface area contributed by atoms with Gasteiger partial charge in [-0.3, -0.25) is 0 Å². The van der Waals surface area contributed by atoms with Crippen LogP contribution in [0.1, 0.15) is 29.4 Å². The Hall–Kier alpha value is -1.12. The lowest BCUT2D eigenvalue weighted by atomic mass is 10.1. The quantitative estimate of drug-likeness (QED) is 0.750. The van der Waals surface area contributed by atoms with Crippen LogP contribution < -0.4 is 4.74 Å². The third-order valence-electron chi connectivity index (χ3n) is 2.75. The van der Waals surface area contributed by atoms with Crippen molar-refractivity contribution >= 4 is 23.2 Å². The first-order chi connectivity index (χ1) is 8.65. The topological polar surface area (TPSA) is 22.4 Å². The van der Waals surface area contributed by atoms with Crippen molar-refractivity contribution in [3.63, 3.8) is 0 Å². The Balaban J connectivity index is 2.38. The van der Waals surface area contributed by atoms with Crippen molar-refractivity contribution in [2.24, 2.45) is 0 Å². The number of ether oxygens (including phenoxy) is 1. The lowest BCUT2D eigenvalue weighted by molar-refractivity contribution is 0.406. The predicted octanol–water partition coefficient (Wildman–Crippen LogP) is 4.83. The van der Waals surface area contributed by atoms with Gasteiger partial charge in [-0.1, -0.05) is 18.5 Å². The summed E-state index contributed by atoms with van der Waals surface area (Å²) in [4.78, 5) is 0. The maximum Gasteiger partial charge on any atom is 0.126 e. The molecule has 0 saturated carbocycles. The van der Waals surface area contributed by atoms with Crippen molar-refractivity contribution in [3.8, 4) is 5.75 Å². The summed E-state index contributed by atoms with van der Waals surface area (Å²) in [6, 6.07) is 9.19. The van der Waals surface area contributed by atoms with E-state index in [1.807, 2.05) is 19.1 Å². The van der Waals surface area contributed by atoms with Gasteiger partial charge in [-0.25, -0.2) is 0 Å². The summed E-state index contributed by atoms with van der Waals surface area (Å²) in [7, 11) is 1.61. The lowest BCUT2D eigenvalue weighted by Gasteiger charge is -2.12. The van der Waals surface area contributed by atoms with E-state index in [-0.39, 0.29) is 0 Å². The summed E-state index contributed by atoms with van der Waals surface area (Å²) in [5.74, 6) is 2.32. The fourth-order valence-electron chi connectivity index (χ4n) is 1.78. The maximum absolute atomic E-state index is 6.43. The first-order valence-corrected chi connectivity index (χ1v) is 6.53. The minimum atomic E-state index is -0.404. The van der Waals surface area contributed by atoms with Gasteiger partial charge in [0, 0.05) is 17.0 Å². The molecule has 1 atom stereocenters. The van der Waals surface area contributed by atoms with Gasteiger partial charge in [0.25, 0.3) is 0 Å². The van der Waals surface area contributed by atoms with Gasteiger partial charge < -0.3 is 9.15 Å². The van der Waals surface area contributed by atoms with Crippen LogP contribution in [0.4, 0.5) is 0 Å². The van der Waals surface area contributed by atoms with E-state index in [9.17, 15) is 0 Å². The Morgan fingerprint density at radius 1 is 1.28 bits per heavy atom. The molecular weight excluding hydrogens is 271 g/mol. The van der Waals surface area contributed by atoms with Gasteiger partial charge in [0.1, 0.15) is 22.6 Å². The van der Waals surface area contributed by atoms with E-state index in [0.717, 1.165) is 17.7 Å². The second-order valence-corrected chi connectivity index (χ2v) is 4.78. The first-order valence-electron chi connectivity index (χ1n) is 5.71. The van der Waals surface area contributed by atoms with Crippen LogP contribution in [-0.4, -0.2) is 7.11 Å². The molecule has 0 bridgehead atoms. The van der Waals surface area contributed by atoms with Crippen LogP contribution in [0.2, 0.25) is 5.02 Å². The van der Waals surface area contributed by atoms with Crippen LogP contribution in [0.25, 0.3) is 0 Å². The number of furan rings is 1. The third-order valence-corrected chi connectivity index (χ3v) is 3.43. The highest BCUT2D eigenvalue weighted by Crippen LogP contribution is 2.37. The molecule has 0 saturated heterocycles. The minimum absolute atomic E-state index is 0.404. The fraction of sp³-hybridized carbons (Fsp3) is 0.286. The molecule has 0 aliphatic heterocycles. The average Bonchev–Trinajstić information content (AvgIpc) is 2.86. The highest BCUT2D eigenvalue weighted by molar-refractivity contribution is 6.31. The molecule has 1 aromatic heterocycles. The van der Waals surface area contributed by atoms with Crippen molar-refractivity contribution in [1.29, 1.82) is 0 Å². The Morgan fingerprint density at radius 2 is 2.06 bits per heavy atom. The maximum atomic E-state index is 6.43. The predicted molar refractivity (Wildman–Crippen MR) is 73.8 cm³/mol. The zero-order valence-electron chi connectivity index (χ0n) is 10.2. The van der Waals surface area contributed by atoms with Crippen LogP contribution in [0.15, 0.2) is 34.7 Å². The van der Waals surface area contributed by atoms with E-state index in [1.54, 1.807) is 25.3 Å². The number of halogens is 2. The van der Waals surface area contributed by atoms with Crippen LogP contribution in [0.3, 0.4) is 0 Å². The van der Waals surface area contributed by atoms with Crippen LogP contribution in [0.5, 0.6) is 5.75 Å². The van der Waals surface area contributed by atoms with E-state index in [4.69, 9.17) is 32.4 Å². The standard InChI is InChI=1S/C14H14Cl2O2/c1-3-10-5-7-13(18-10)14(16)11-8-9(15)4-6-12(11)17-2/h4-8,14H,3H2,1-2H3. The van der Waals surface area contributed by atoms with Gasteiger partial charge in [0.15, 0.2) is 0 Å². The lowest BCUT2D eigenvalue weighted by Crippen LogP contribution is -1.96. The first kappa shape index (κ1) is 13.3. The summed E-state index contributed by atoms with van der Waals surface area (Å²) in [6.45, 7) is 2.03. The Labute approximate surface area is 116 Å². The smallest absolute Gasteiger partial charge is 0.126 e. The number of hydrogen-bond donors (Lipinski definition) is 0. The molecule has 1 aromatic carbocycles. The number of rotatable bonds is 4. The monoisotopic (exact) mass is 284 g/mol. The number of hydrogen-bond acceptors (Lipinski definition) is 2. The Kier molecular flexibility index (Phi) is 4.20. The molecule has 0 radical (unpaired) electrons. The SMILES string of the molecule is CCc1ccc(C(Cl)c2cc(Cl)ccc2OC)o1. The molecule has 1 heterocycles. The molecule has 2 nitrogen and oxygen atoms in total. The van der Waals surface area contributed by atoms with Gasteiger partial charge >= 0.3 is 0 Å². The highest BCUT2D eigenvalue weighted by Gasteiger charge is 2.19. The second kappa shape index (κ2) is 5.68. The number of methoxy groups -OCH3 is 1. The van der Waals surface area contributed by atoms with Crippen molar-refractivity contribution in [2.45, 2.75) is 18.7 Å². The molecule has 0 spiro atoms. The molecule has 18 heavy (non-hydrogen) atoms. The molecule has 96 valence electrons. The van der Waals surface area contributed by atoms with Crippen LogP contribution >= 0.6 is 23.2 Å². The van der Waals surface area contributed by atoms with E-state index in [0.29, 0.717) is 16.5 Å². The van der Waals surface area contributed by atoms with E-state index < -0.39 is 5.38 Å². The van der Waals surface area contributed by atoms with Crippen LogP contribution in [0, 0.1) is 0 Å². The Bertz CT molecular complexity index is 534. The molecule has 2 rings (SSSR count). The molecular formula is C14H14Cl2O2. The number of aryl methyl sites for hydroxylation is 1. The van der Waals surface area contributed by atoms with Crippen molar-refractivity contribution < 1.29 is 9.15 Å². The summed E-state index contributed by atoms with van der Waals surface area (Å²) in [5.41, 5.74) is 0.809. The van der Waals surface area contributed by atoms with Crippen molar-refractivity contribution in [3.05, 3.63) is 52.4 Å². The molecule has 0 fully saturated rings. The fourth-order valence-corrected chi connectivity index (χ4v) is 2.25. The van der Waals surface area contributed by atoms with Crippen molar-refractivity contribution in [1.82, 2.24) is 0 Å². The van der Waals surface area contributed by atoms with E-state index in [2.05, 4.69) is 0 Å². The van der Waals surface area contributed by atoms with E-state index in [1.165, 1.54) is 0 Å². The number of alkyl halides is 1. The third kappa shape index (κ3) is 2.65. The summed E-state index contributed by atoms with van der Waals surface area (Å²) in [6.07, 6.45) is 0.844. The summed E-state index contributed by atoms with van der Waals surface area (Å²) < 4.78 is 10.9. The number of benzene rings is 1. The van der Waals surface area contributed by atoms with Gasteiger partial charge in [0.05, 0.1) is 7.11 Å². The second-order valence-electron chi connectivity index (χ2n) is 3.91. The molecule has 0 amide bonds. The summed E-state index contributed by atoms with van der Waals surface area (Å²) >= 11 is 12.4. The van der Waals surface area contributed by atoms with Gasteiger partial charge in [0.2, 0.25) is 0 Å². The zero-order chi connectivity index (χ0) is 13.1. The highest BCUT2D eigenvalue weighted by atomic mass is 35.5. The Morgan fingerprint density at radius 3 is 2.67 bits per heavy atom. The molecule has 0 N–H and O–H groups in total. The normalized spacial score (nSPS) is 12.4. The molecule has 0 aliphatic carbocycles. The van der Waals surface area contributed by atoms with Gasteiger partial charge in [-0.2, -0.15) is 0 Å². The minimum Gasteiger partial charge on any atom is -0.496 e. The molecule has 2 aromatic rings. The van der Waals surface area contributed by atoms with Crippen molar-refractivity contribution in [2.75, 3.05) is 7.11 Å².